The smallest absolute Gasteiger partial charge is 0.182 e. The highest BCUT2D eigenvalue weighted by molar-refractivity contribution is 5.82. The molecule has 0 aromatic carbocycles. The number of ether oxygens (including phenoxy) is 2. The molecule has 1 atom stereocenters. The lowest BCUT2D eigenvalue weighted by Gasteiger charge is -2.10. The first-order chi connectivity index (χ1) is 6.74. The zero-order chi connectivity index (χ0) is 10.4. The second-order valence-electron chi connectivity index (χ2n) is 2.77. The van der Waals surface area contributed by atoms with Crippen molar-refractivity contribution in [2.45, 2.75) is 19.6 Å². The van der Waals surface area contributed by atoms with Crippen LogP contribution in [-0.2, 0) is 20.8 Å². The molecule has 14 heavy (non-hydrogen) atoms. The van der Waals surface area contributed by atoms with Crippen molar-refractivity contribution >= 4 is 5.78 Å². The standard InChI is InChI=1S/C8H13N3O3/c1-7(14-6-13-2)8(12)3-11-5-9-4-10-11/h4-5,7H,3,6H2,1-2H3. The molecule has 0 amide bonds. The van der Waals surface area contributed by atoms with E-state index in [1.807, 2.05) is 0 Å². The van der Waals surface area contributed by atoms with E-state index in [4.69, 9.17) is 4.74 Å². The van der Waals surface area contributed by atoms with Gasteiger partial charge in [-0.15, -0.1) is 0 Å². The van der Waals surface area contributed by atoms with Crippen LogP contribution < -0.4 is 0 Å². The van der Waals surface area contributed by atoms with Gasteiger partial charge in [0.1, 0.15) is 32.1 Å². The third-order valence-electron chi connectivity index (χ3n) is 1.67. The van der Waals surface area contributed by atoms with Gasteiger partial charge in [0.2, 0.25) is 0 Å². The van der Waals surface area contributed by atoms with Crippen LogP contribution in [0.25, 0.3) is 0 Å². The summed E-state index contributed by atoms with van der Waals surface area (Å²) >= 11 is 0. The minimum atomic E-state index is -0.487. The van der Waals surface area contributed by atoms with Crippen LogP contribution in [0.4, 0.5) is 0 Å². The zero-order valence-corrected chi connectivity index (χ0v) is 8.21. The summed E-state index contributed by atoms with van der Waals surface area (Å²) in [4.78, 5) is 15.2. The molecule has 6 nitrogen and oxygen atoms in total. The minimum absolute atomic E-state index is 0.0625. The van der Waals surface area contributed by atoms with Gasteiger partial charge in [-0.1, -0.05) is 0 Å². The fraction of sp³-hybridized carbons (Fsp3) is 0.625. The van der Waals surface area contributed by atoms with Crippen molar-refractivity contribution in [2.75, 3.05) is 13.9 Å². The first-order valence-corrected chi connectivity index (χ1v) is 4.19. The monoisotopic (exact) mass is 199 g/mol. The number of hydrogen-bond donors (Lipinski definition) is 0. The van der Waals surface area contributed by atoms with E-state index in [1.165, 1.54) is 24.4 Å². The predicted molar refractivity (Wildman–Crippen MR) is 47.5 cm³/mol. The molecule has 0 aliphatic rings. The lowest BCUT2D eigenvalue weighted by Crippen LogP contribution is -2.26. The Morgan fingerprint density at radius 3 is 3.00 bits per heavy atom. The highest BCUT2D eigenvalue weighted by atomic mass is 16.7. The number of carbonyl (C=O) groups excluding carboxylic acids is 1. The molecular weight excluding hydrogens is 186 g/mol. The van der Waals surface area contributed by atoms with E-state index in [2.05, 4.69) is 14.8 Å². The van der Waals surface area contributed by atoms with E-state index in [1.54, 1.807) is 6.92 Å². The van der Waals surface area contributed by atoms with Crippen LogP contribution in [0.5, 0.6) is 0 Å². The summed E-state index contributed by atoms with van der Waals surface area (Å²) in [7, 11) is 1.51. The molecule has 0 fully saturated rings. The molecule has 1 aromatic heterocycles. The summed E-state index contributed by atoms with van der Waals surface area (Å²) < 4.78 is 11.2. The molecule has 0 bridgehead atoms. The first-order valence-electron chi connectivity index (χ1n) is 4.19. The topological polar surface area (TPSA) is 66.2 Å². The van der Waals surface area contributed by atoms with E-state index in [-0.39, 0.29) is 19.1 Å². The van der Waals surface area contributed by atoms with Gasteiger partial charge in [0, 0.05) is 7.11 Å². The second-order valence-corrected chi connectivity index (χ2v) is 2.77. The lowest BCUT2D eigenvalue weighted by molar-refractivity contribution is -0.138. The largest absolute Gasteiger partial charge is 0.359 e. The van der Waals surface area contributed by atoms with Gasteiger partial charge in [-0.3, -0.25) is 4.79 Å². The number of ketones is 1. The van der Waals surface area contributed by atoms with E-state index in [0.29, 0.717) is 0 Å². The summed E-state index contributed by atoms with van der Waals surface area (Å²) in [5.41, 5.74) is 0. The lowest BCUT2D eigenvalue weighted by atomic mass is 10.2. The molecule has 0 saturated carbocycles. The van der Waals surface area contributed by atoms with Gasteiger partial charge in [0.05, 0.1) is 0 Å². The van der Waals surface area contributed by atoms with Gasteiger partial charge in [0.25, 0.3) is 0 Å². The Morgan fingerprint density at radius 2 is 2.43 bits per heavy atom. The number of rotatable bonds is 6. The Labute approximate surface area is 81.8 Å². The number of carbonyl (C=O) groups is 1. The van der Waals surface area contributed by atoms with Crippen molar-refractivity contribution in [1.82, 2.24) is 14.8 Å². The Morgan fingerprint density at radius 1 is 1.64 bits per heavy atom. The van der Waals surface area contributed by atoms with Crippen molar-refractivity contribution < 1.29 is 14.3 Å². The van der Waals surface area contributed by atoms with Gasteiger partial charge in [-0.25, -0.2) is 9.67 Å². The molecule has 0 spiro atoms. The van der Waals surface area contributed by atoms with Crippen molar-refractivity contribution in [3.63, 3.8) is 0 Å². The van der Waals surface area contributed by atoms with Crippen LogP contribution >= 0.6 is 0 Å². The molecule has 0 radical (unpaired) electrons. The number of aromatic nitrogens is 3. The normalized spacial score (nSPS) is 12.7. The maximum atomic E-state index is 11.4. The van der Waals surface area contributed by atoms with Crippen LogP contribution in [0, 0.1) is 0 Å². The highest BCUT2D eigenvalue weighted by Crippen LogP contribution is 1.95. The van der Waals surface area contributed by atoms with Crippen LogP contribution in [0.2, 0.25) is 0 Å². The number of nitrogens with zero attached hydrogens (tertiary/aromatic N) is 3. The van der Waals surface area contributed by atoms with Gasteiger partial charge < -0.3 is 9.47 Å². The summed E-state index contributed by atoms with van der Waals surface area (Å²) in [6.07, 6.45) is 2.38. The Bertz CT molecular complexity index is 273. The maximum absolute atomic E-state index is 11.4. The Kier molecular flexibility index (Phi) is 4.21. The predicted octanol–water partition coefficient (Wildman–Crippen LogP) is -0.144. The third kappa shape index (κ3) is 3.23. The molecule has 6 heteroatoms. The molecule has 1 unspecified atom stereocenters. The Balaban J connectivity index is 2.34. The van der Waals surface area contributed by atoms with E-state index in [0.717, 1.165) is 0 Å². The molecule has 1 aromatic rings. The van der Waals surface area contributed by atoms with E-state index in [9.17, 15) is 4.79 Å². The van der Waals surface area contributed by atoms with Gasteiger partial charge in [0.15, 0.2) is 5.78 Å². The quantitative estimate of drug-likeness (QED) is 0.596. The number of Topliss-reactive ketones (excluding diaryl/α,β-unsaturated/α-hetero) is 1. The van der Waals surface area contributed by atoms with E-state index >= 15 is 0 Å². The first kappa shape index (κ1) is 10.8. The van der Waals surface area contributed by atoms with Crippen molar-refractivity contribution in [3.8, 4) is 0 Å². The average Bonchev–Trinajstić information content (AvgIpc) is 2.66. The highest BCUT2D eigenvalue weighted by Gasteiger charge is 2.13. The maximum Gasteiger partial charge on any atom is 0.182 e. The molecule has 0 saturated heterocycles. The van der Waals surface area contributed by atoms with Crippen LogP contribution in [0.1, 0.15) is 6.92 Å². The molecule has 1 rings (SSSR count). The van der Waals surface area contributed by atoms with Gasteiger partial charge >= 0.3 is 0 Å². The van der Waals surface area contributed by atoms with Crippen LogP contribution in [0.3, 0.4) is 0 Å². The van der Waals surface area contributed by atoms with Crippen LogP contribution in [-0.4, -0.2) is 40.6 Å². The van der Waals surface area contributed by atoms with Gasteiger partial charge in [-0.05, 0) is 6.92 Å². The van der Waals surface area contributed by atoms with Crippen molar-refractivity contribution in [1.29, 1.82) is 0 Å². The molecule has 0 N–H and O–H groups in total. The SMILES string of the molecule is COCOC(C)C(=O)Cn1cncn1. The summed E-state index contributed by atoms with van der Waals surface area (Å²) in [6, 6.07) is 0. The minimum Gasteiger partial charge on any atom is -0.359 e. The molecule has 78 valence electrons. The Hall–Kier alpha value is -1.27. The summed E-state index contributed by atoms with van der Waals surface area (Å²) in [5.74, 6) is -0.0625. The van der Waals surface area contributed by atoms with Crippen LogP contribution in [0.15, 0.2) is 12.7 Å². The summed E-state index contributed by atoms with van der Waals surface area (Å²) in [6.45, 7) is 1.97. The van der Waals surface area contributed by atoms with Gasteiger partial charge in [-0.2, -0.15) is 5.10 Å². The number of hydrogen-bond acceptors (Lipinski definition) is 5. The second kappa shape index (κ2) is 5.46. The average molecular weight is 199 g/mol. The molecule has 1 heterocycles. The zero-order valence-electron chi connectivity index (χ0n) is 8.21. The molecule has 0 aliphatic carbocycles. The summed E-state index contributed by atoms with van der Waals surface area (Å²) in [5, 5.41) is 3.82. The van der Waals surface area contributed by atoms with Crippen molar-refractivity contribution in [2.24, 2.45) is 0 Å². The van der Waals surface area contributed by atoms with Crippen molar-refractivity contribution in [3.05, 3.63) is 12.7 Å². The fourth-order valence-corrected chi connectivity index (χ4v) is 0.866. The fourth-order valence-electron chi connectivity index (χ4n) is 0.866. The van der Waals surface area contributed by atoms with E-state index < -0.39 is 6.10 Å². The molecule has 0 aliphatic heterocycles. The number of methoxy groups -OCH3 is 1. The molecular formula is C8H13N3O3. The third-order valence-corrected chi connectivity index (χ3v) is 1.67.